The minimum Gasteiger partial charge on any atom is -0.495 e. The van der Waals surface area contributed by atoms with E-state index in [1.54, 1.807) is 12.1 Å². The van der Waals surface area contributed by atoms with Gasteiger partial charge in [0.2, 0.25) is 21.8 Å². The van der Waals surface area contributed by atoms with Crippen LogP contribution in [0, 0.1) is 0 Å². The molecule has 0 amide bonds. The highest BCUT2D eigenvalue weighted by Crippen LogP contribution is 2.32. The Hall–Kier alpha value is -2.75. The van der Waals surface area contributed by atoms with Gasteiger partial charge in [-0.25, -0.2) is 8.42 Å². The van der Waals surface area contributed by atoms with E-state index in [-0.39, 0.29) is 16.5 Å². The number of nitrogens with zero attached hydrogens (tertiary/aromatic N) is 4. The van der Waals surface area contributed by atoms with Crippen molar-refractivity contribution in [1.29, 1.82) is 0 Å². The van der Waals surface area contributed by atoms with Crippen LogP contribution in [0.2, 0.25) is 0 Å². The van der Waals surface area contributed by atoms with Gasteiger partial charge in [0.15, 0.2) is 0 Å². The van der Waals surface area contributed by atoms with Crippen LogP contribution in [0.3, 0.4) is 0 Å². The lowest BCUT2D eigenvalue weighted by atomic mass is 10.2. The third-order valence-electron chi connectivity index (χ3n) is 4.94. The van der Waals surface area contributed by atoms with E-state index in [1.807, 2.05) is 37.4 Å². The number of aromatic nitrogens is 2. The van der Waals surface area contributed by atoms with Gasteiger partial charge >= 0.3 is 0 Å². The number of hydrogen-bond donors (Lipinski definition) is 0. The molecule has 2 heterocycles. The molecule has 2 aromatic carbocycles. The molecule has 0 radical (unpaired) electrons. The van der Waals surface area contributed by atoms with Crippen molar-refractivity contribution in [1.82, 2.24) is 19.4 Å². The first-order valence-corrected chi connectivity index (χ1v) is 10.7. The largest absolute Gasteiger partial charge is 0.495 e. The quantitative estimate of drug-likeness (QED) is 0.633. The number of methoxy groups -OCH3 is 1. The summed E-state index contributed by atoms with van der Waals surface area (Å²) in [4.78, 5) is 2.20. The number of ether oxygens (including phenoxy) is 1. The van der Waals surface area contributed by atoms with E-state index in [2.05, 4.69) is 15.1 Å². The van der Waals surface area contributed by atoms with E-state index >= 15 is 0 Å². The first-order valence-electron chi connectivity index (χ1n) is 9.25. The Kier molecular flexibility index (Phi) is 5.35. The molecule has 1 aliphatic rings. The zero-order chi connectivity index (χ0) is 20.4. The molecule has 0 aliphatic carbocycles. The lowest BCUT2D eigenvalue weighted by Crippen LogP contribution is -2.47. The molecule has 0 saturated carbocycles. The fraction of sp³-hybridized carbons (Fsp3) is 0.300. The molecule has 4 rings (SSSR count). The van der Waals surface area contributed by atoms with Crippen LogP contribution < -0.4 is 4.74 Å². The lowest BCUT2D eigenvalue weighted by molar-refractivity contribution is 0.222. The summed E-state index contributed by atoms with van der Waals surface area (Å²) < 4.78 is 39.1. The van der Waals surface area contributed by atoms with Crippen molar-refractivity contribution in [3.8, 4) is 28.7 Å². The van der Waals surface area contributed by atoms with E-state index in [1.165, 1.54) is 17.5 Å². The van der Waals surface area contributed by atoms with Gasteiger partial charge in [-0.05, 0) is 37.4 Å². The summed E-state index contributed by atoms with van der Waals surface area (Å²) >= 11 is 0. The molecule has 1 fully saturated rings. The molecule has 8 nitrogen and oxygen atoms in total. The minimum absolute atomic E-state index is 0.0986. The molecule has 1 aliphatic heterocycles. The zero-order valence-electron chi connectivity index (χ0n) is 16.3. The molecular weight excluding hydrogens is 392 g/mol. The van der Waals surface area contributed by atoms with E-state index in [0.717, 1.165) is 5.56 Å². The van der Waals surface area contributed by atoms with Gasteiger partial charge in [-0.15, -0.1) is 10.2 Å². The fourth-order valence-electron chi connectivity index (χ4n) is 3.22. The van der Waals surface area contributed by atoms with Crippen LogP contribution in [0.1, 0.15) is 0 Å². The second-order valence-electron chi connectivity index (χ2n) is 6.85. The van der Waals surface area contributed by atoms with Crippen LogP contribution in [0.15, 0.2) is 57.8 Å². The highest BCUT2D eigenvalue weighted by atomic mass is 32.2. The zero-order valence-corrected chi connectivity index (χ0v) is 17.1. The molecule has 3 aromatic rings. The van der Waals surface area contributed by atoms with Gasteiger partial charge in [0.1, 0.15) is 10.6 Å². The van der Waals surface area contributed by atoms with Gasteiger partial charge in [0, 0.05) is 37.3 Å². The standard InChI is InChI=1S/C20H22N4O4S/c1-23-10-12-24(13-11-23)29(25,26)18-14-16(8-9-17(18)27-2)20-22-21-19(28-20)15-6-4-3-5-7-15/h3-9,14H,10-13H2,1-2H3. The summed E-state index contributed by atoms with van der Waals surface area (Å²) in [7, 11) is -0.278. The molecule has 0 N–H and O–H groups in total. The average Bonchev–Trinajstić information content (AvgIpc) is 3.24. The lowest BCUT2D eigenvalue weighted by Gasteiger charge is -2.31. The Morgan fingerprint density at radius 3 is 2.24 bits per heavy atom. The van der Waals surface area contributed by atoms with Gasteiger partial charge in [0.25, 0.3) is 0 Å². The van der Waals surface area contributed by atoms with Gasteiger partial charge in [-0.1, -0.05) is 18.2 Å². The van der Waals surface area contributed by atoms with Crippen molar-refractivity contribution in [3.63, 3.8) is 0 Å². The summed E-state index contributed by atoms with van der Waals surface area (Å²) in [6, 6.07) is 14.3. The number of benzene rings is 2. The van der Waals surface area contributed by atoms with Crippen molar-refractivity contribution >= 4 is 10.0 Å². The summed E-state index contributed by atoms with van der Waals surface area (Å²) in [5, 5.41) is 8.17. The maximum atomic E-state index is 13.2. The van der Waals surface area contributed by atoms with Crippen LogP contribution in [0.4, 0.5) is 0 Å². The number of piperazine rings is 1. The number of likely N-dealkylation sites (N-methyl/N-ethyl adjacent to an activating group) is 1. The molecule has 0 unspecified atom stereocenters. The first-order chi connectivity index (χ1) is 14.0. The van der Waals surface area contributed by atoms with E-state index in [9.17, 15) is 8.42 Å². The molecule has 0 spiro atoms. The van der Waals surface area contributed by atoms with Crippen LogP contribution in [0.5, 0.6) is 5.75 Å². The van der Waals surface area contributed by atoms with Crippen LogP contribution in [-0.4, -0.2) is 68.2 Å². The summed E-state index contributed by atoms with van der Waals surface area (Å²) in [6.45, 7) is 2.24. The molecule has 0 bridgehead atoms. The number of hydrogen-bond acceptors (Lipinski definition) is 7. The Morgan fingerprint density at radius 2 is 1.59 bits per heavy atom. The van der Waals surface area contributed by atoms with E-state index in [0.29, 0.717) is 37.6 Å². The third-order valence-corrected chi connectivity index (χ3v) is 6.86. The summed E-state index contributed by atoms with van der Waals surface area (Å²) in [5.74, 6) is 0.914. The van der Waals surface area contributed by atoms with Crippen molar-refractivity contribution in [2.24, 2.45) is 0 Å². The SMILES string of the molecule is COc1ccc(-c2nnc(-c3ccccc3)o2)cc1S(=O)(=O)N1CCN(C)CC1. The highest BCUT2D eigenvalue weighted by Gasteiger charge is 2.30. The van der Waals surface area contributed by atoms with Crippen LogP contribution in [0.25, 0.3) is 22.9 Å². The molecule has 0 atom stereocenters. The molecule has 9 heteroatoms. The second kappa shape index (κ2) is 7.94. The third kappa shape index (κ3) is 3.89. The van der Waals surface area contributed by atoms with E-state index in [4.69, 9.17) is 9.15 Å². The Morgan fingerprint density at radius 1 is 0.931 bits per heavy atom. The highest BCUT2D eigenvalue weighted by molar-refractivity contribution is 7.89. The fourth-order valence-corrected chi connectivity index (χ4v) is 4.82. The van der Waals surface area contributed by atoms with Crippen molar-refractivity contribution < 1.29 is 17.6 Å². The predicted molar refractivity (Wildman–Crippen MR) is 108 cm³/mol. The van der Waals surface area contributed by atoms with Crippen molar-refractivity contribution in [3.05, 3.63) is 48.5 Å². The van der Waals surface area contributed by atoms with E-state index < -0.39 is 10.0 Å². The Bertz CT molecular complexity index is 1090. The molecular formula is C20H22N4O4S. The normalized spacial score (nSPS) is 16.1. The van der Waals surface area contributed by atoms with Gasteiger partial charge < -0.3 is 14.1 Å². The van der Waals surface area contributed by atoms with Gasteiger partial charge in [-0.2, -0.15) is 4.31 Å². The number of sulfonamides is 1. The molecule has 1 saturated heterocycles. The van der Waals surface area contributed by atoms with Gasteiger partial charge in [0.05, 0.1) is 7.11 Å². The van der Waals surface area contributed by atoms with Crippen molar-refractivity contribution in [2.45, 2.75) is 4.90 Å². The molecule has 152 valence electrons. The monoisotopic (exact) mass is 414 g/mol. The summed E-state index contributed by atoms with van der Waals surface area (Å²) in [6.07, 6.45) is 0. The summed E-state index contributed by atoms with van der Waals surface area (Å²) in [5.41, 5.74) is 1.32. The molecule has 1 aromatic heterocycles. The number of rotatable bonds is 5. The van der Waals surface area contributed by atoms with Gasteiger partial charge in [-0.3, -0.25) is 0 Å². The second-order valence-corrected chi connectivity index (χ2v) is 8.76. The first kappa shape index (κ1) is 19.6. The van der Waals surface area contributed by atoms with Crippen LogP contribution in [-0.2, 0) is 10.0 Å². The average molecular weight is 414 g/mol. The maximum Gasteiger partial charge on any atom is 0.248 e. The minimum atomic E-state index is -3.71. The predicted octanol–water partition coefficient (Wildman–Crippen LogP) is 2.35. The topological polar surface area (TPSA) is 88.8 Å². The Labute approximate surface area is 169 Å². The molecule has 29 heavy (non-hydrogen) atoms. The van der Waals surface area contributed by atoms with Crippen molar-refractivity contribution in [2.75, 3.05) is 40.3 Å². The van der Waals surface area contributed by atoms with Crippen LogP contribution >= 0.6 is 0 Å². The maximum absolute atomic E-state index is 13.2. The Balaban J connectivity index is 1.70. The smallest absolute Gasteiger partial charge is 0.248 e.